The van der Waals surface area contributed by atoms with Crippen LogP contribution in [0.1, 0.15) is 15.9 Å². The number of epoxide rings is 1. The molecule has 0 amide bonds. The quantitative estimate of drug-likeness (QED) is 0.501. The number of hydrogen-bond donors (Lipinski definition) is 0. The molecule has 2 nitrogen and oxygen atoms in total. The number of fused-ring (bicyclic) bond motifs is 1. The molecule has 2 unspecified atom stereocenters. The molecule has 0 radical (unpaired) electrons. The Morgan fingerprint density at radius 2 is 1.52 bits per heavy atom. The van der Waals surface area contributed by atoms with Gasteiger partial charge in [-0.05, 0) is 22.4 Å². The molecule has 1 heterocycles. The van der Waals surface area contributed by atoms with Crippen LogP contribution in [0.25, 0.3) is 10.8 Å². The van der Waals surface area contributed by atoms with E-state index in [2.05, 4.69) is 0 Å². The Morgan fingerprint density at radius 3 is 2.20 bits per heavy atom. The summed E-state index contributed by atoms with van der Waals surface area (Å²) in [5.41, 5.74) is -2.40. The fourth-order valence-electron chi connectivity index (χ4n) is 3.17. The van der Waals surface area contributed by atoms with E-state index in [1.165, 1.54) is 24.3 Å². The van der Waals surface area contributed by atoms with Gasteiger partial charge in [0.05, 0.1) is 0 Å². The number of Topliss-reactive ketones (excluding diaryl/α,β-unsaturated/α-hetero) is 1. The number of carbonyl (C=O) groups is 1. The summed E-state index contributed by atoms with van der Waals surface area (Å²) in [6, 6.07) is 19.5. The molecule has 0 spiro atoms. The molecule has 3 aromatic rings. The van der Waals surface area contributed by atoms with Gasteiger partial charge >= 0.3 is 6.18 Å². The topological polar surface area (TPSA) is 29.6 Å². The maximum absolute atomic E-state index is 13.7. The van der Waals surface area contributed by atoms with Crippen LogP contribution >= 0.6 is 0 Å². The zero-order chi connectivity index (χ0) is 17.7. The Bertz CT molecular complexity index is 950. The van der Waals surface area contributed by atoms with E-state index in [1.807, 2.05) is 24.3 Å². The molecule has 25 heavy (non-hydrogen) atoms. The van der Waals surface area contributed by atoms with E-state index in [4.69, 9.17) is 4.74 Å². The molecule has 0 aromatic heterocycles. The molecule has 126 valence electrons. The summed E-state index contributed by atoms with van der Waals surface area (Å²) in [6.07, 6.45) is -6.23. The third kappa shape index (κ3) is 2.43. The molecule has 1 fully saturated rings. The van der Waals surface area contributed by atoms with Crippen LogP contribution in [0.3, 0.4) is 0 Å². The van der Waals surface area contributed by atoms with E-state index in [-0.39, 0.29) is 11.1 Å². The van der Waals surface area contributed by atoms with Crippen LogP contribution in [0.4, 0.5) is 13.2 Å². The van der Waals surface area contributed by atoms with Crippen molar-refractivity contribution in [3.05, 3.63) is 83.9 Å². The lowest BCUT2D eigenvalue weighted by atomic mass is 9.90. The number of alkyl halides is 3. The summed E-state index contributed by atoms with van der Waals surface area (Å²) in [6.45, 7) is 0. The Balaban J connectivity index is 1.73. The minimum atomic E-state index is -4.68. The molecule has 0 saturated carbocycles. The number of benzene rings is 3. The molecule has 3 aromatic carbocycles. The van der Waals surface area contributed by atoms with Gasteiger partial charge < -0.3 is 4.74 Å². The summed E-state index contributed by atoms with van der Waals surface area (Å²) in [4.78, 5) is 12.7. The van der Waals surface area contributed by atoms with Crippen LogP contribution < -0.4 is 0 Å². The van der Waals surface area contributed by atoms with Crippen LogP contribution in [0, 0.1) is 0 Å². The van der Waals surface area contributed by atoms with Crippen molar-refractivity contribution >= 4 is 16.6 Å². The first-order chi connectivity index (χ1) is 11.9. The molecule has 1 aliphatic heterocycles. The lowest BCUT2D eigenvalue weighted by molar-refractivity contribution is -0.187. The standard InChI is InChI=1S/C20H13F3O2/c21-20(22,23)19(16-8-2-1-3-9-16)18(25-19)17(24)15-11-10-13-6-4-5-7-14(13)12-15/h1-12,18H. The zero-order valence-corrected chi connectivity index (χ0v) is 13.0. The van der Waals surface area contributed by atoms with E-state index in [9.17, 15) is 18.0 Å². The Hall–Kier alpha value is -2.66. The van der Waals surface area contributed by atoms with Gasteiger partial charge in [0.15, 0.2) is 11.9 Å². The van der Waals surface area contributed by atoms with Gasteiger partial charge in [-0.25, -0.2) is 0 Å². The van der Waals surface area contributed by atoms with Crippen molar-refractivity contribution in [3.63, 3.8) is 0 Å². The van der Waals surface area contributed by atoms with Crippen molar-refractivity contribution in [2.75, 3.05) is 0 Å². The smallest absolute Gasteiger partial charge is 0.343 e. The van der Waals surface area contributed by atoms with Gasteiger partial charge in [0, 0.05) is 5.56 Å². The van der Waals surface area contributed by atoms with Gasteiger partial charge in [0.1, 0.15) is 0 Å². The minimum absolute atomic E-state index is 0.0540. The van der Waals surface area contributed by atoms with Crippen molar-refractivity contribution in [3.8, 4) is 0 Å². The van der Waals surface area contributed by atoms with Crippen LogP contribution in [0.2, 0.25) is 0 Å². The van der Waals surface area contributed by atoms with Gasteiger partial charge in [0.2, 0.25) is 5.60 Å². The van der Waals surface area contributed by atoms with Crippen LogP contribution in [-0.2, 0) is 10.3 Å². The first-order valence-electron chi connectivity index (χ1n) is 7.76. The van der Waals surface area contributed by atoms with Crippen molar-refractivity contribution < 1.29 is 22.7 Å². The van der Waals surface area contributed by atoms with Gasteiger partial charge in [-0.15, -0.1) is 0 Å². The molecular formula is C20H13F3O2. The Labute approximate surface area is 141 Å². The molecule has 0 aliphatic carbocycles. The Kier molecular flexibility index (Phi) is 3.44. The first kappa shape index (κ1) is 15.8. The highest BCUT2D eigenvalue weighted by atomic mass is 19.4. The van der Waals surface area contributed by atoms with Crippen LogP contribution in [-0.4, -0.2) is 18.1 Å². The number of carbonyl (C=O) groups excluding carboxylic acids is 1. The lowest BCUT2D eigenvalue weighted by Gasteiger charge is -2.17. The predicted molar refractivity (Wildman–Crippen MR) is 87.3 cm³/mol. The second kappa shape index (κ2) is 5.43. The van der Waals surface area contributed by atoms with E-state index in [0.717, 1.165) is 10.8 Å². The summed E-state index contributed by atoms with van der Waals surface area (Å²) in [7, 11) is 0. The average molecular weight is 342 g/mol. The first-order valence-corrected chi connectivity index (χ1v) is 7.76. The zero-order valence-electron chi connectivity index (χ0n) is 13.0. The number of rotatable bonds is 3. The minimum Gasteiger partial charge on any atom is -0.343 e. The summed E-state index contributed by atoms with van der Waals surface area (Å²) in [5.74, 6) is -0.660. The van der Waals surface area contributed by atoms with Gasteiger partial charge in [0.25, 0.3) is 0 Å². The molecular weight excluding hydrogens is 329 g/mol. The van der Waals surface area contributed by atoms with Gasteiger partial charge in [-0.3, -0.25) is 4.79 Å². The number of halogens is 3. The fourth-order valence-corrected chi connectivity index (χ4v) is 3.17. The van der Waals surface area contributed by atoms with Crippen molar-refractivity contribution in [1.29, 1.82) is 0 Å². The van der Waals surface area contributed by atoms with Crippen molar-refractivity contribution in [2.24, 2.45) is 0 Å². The monoisotopic (exact) mass is 342 g/mol. The molecule has 5 heteroatoms. The highest BCUT2D eigenvalue weighted by Crippen LogP contribution is 2.58. The second-order valence-corrected chi connectivity index (χ2v) is 6.02. The third-order valence-corrected chi connectivity index (χ3v) is 4.51. The van der Waals surface area contributed by atoms with Gasteiger partial charge in [-0.1, -0.05) is 66.7 Å². The summed E-state index contributed by atoms with van der Waals surface area (Å²) >= 11 is 0. The van der Waals surface area contributed by atoms with Gasteiger partial charge in [-0.2, -0.15) is 13.2 Å². The van der Waals surface area contributed by atoms with Crippen LogP contribution in [0.5, 0.6) is 0 Å². The highest BCUT2D eigenvalue weighted by molar-refractivity contribution is 6.04. The SMILES string of the molecule is O=C(c1ccc2ccccc2c1)C1OC1(c1ccccc1)C(F)(F)F. The Morgan fingerprint density at radius 1 is 0.880 bits per heavy atom. The lowest BCUT2D eigenvalue weighted by Crippen LogP contribution is -2.35. The maximum Gasteiger partial charge on any atom is 0.424 e. The highest BCUT2D eigenvalue weighted by Gasteiger charge is 2.76. The predicted octanol–water partition coefficient (Wildman–Crippen LogP) is 4.88. The van der Waals surface area contributed by atoms with Crippen LogP contribution in [0.15, 0.2) is 72.8 Å². The van der Waals surface area contributed by atoms with E-state index < -0.39 is 23.7 Å². The van der Waals surface area contributed by atoms with E-state index in [1.54, 1.807) is 24.3 Å². The number of ether oxygens (including phenoxy) is 1. The van der Waals surface area contributed by atoms with Crippen molar-refractivity contribution in [1.82, 2.24) is 0 Å². The average Bonchev–Trinajstić information content (AvgIpc) is 3.38. The van der Waals surface area contributed by atoms with Crippen molar-refractivity contribution in [2.45, 2.75) is 17.9 Å². The van der Waals surface area contributed by atoms with E-state index >= 15 is 0 Å². The molecule has 1 saturated heterocycles. The maximum atomic E-state index is 13.7. The molecule has 0 N–H and O–H groups in total. The summed E-state index contributed by atoms with van der Waals surface area (Å²) in [5, 5.41) is 1.72. The summed E-state index contributed by atoms with van der Waals surface area (Å²) < 4.78 is 46.1. The second-order valence-electron chi connectivity index (χ2n) is 6.02. The molecule has 1 aliphatic rings. The van der Waals surface area contributed by atoms with E-state index in [0.29, 0.717) is 0 Å². The molecule has 4 rings (SSSR count). The largest absolute Gasteiger partial charge is 0.424 e. The number of hydrogen-bond acceptors (Lipinski definition) is 2. The molecule has 0 bridgehead atoms. The third-order valence-electron chi connectivity index (χ3n) is 4.51. The number of ketones is 1. The fraction of sp³-hybridized carbons (Fsp3) is 0.150. The molecule has 2 atom stereocenters. The normalized spacial score (nSPS) is 22.8.